The van der Waals surface area contributed by atoms with E-state index in [1.165, 1.54) is 18.4 Å². The SMILES string of the molecule is CCCCc1ccc(C(N)CC(C)(C)CC(=O)O)cc1. The van der Waals surface area contributed by atoms with Crippen molar-refractivity contribution >= 4 is 5.97 Å². The third kappa shape index (κ3) is 5.74. The van der Waals surface area contributed by atoms with E-state index in [9.17, 15) is 4.79 Å². The zero-order chi connectivity index (χ0) is 15.2. The minimum atomic E-state index is -0.767. The van der Waals surface area contributed by atoms with Crippen molar-refractivity contribution in [1.82, 2.24) is 0 Å². The Balaban J connectivity index is 2.63. The molecule has 0 spiro atoms. The van der Waals surface area contributed by atoms with Gasteiger partial charge in [0.25, 0.3) is 0 Å². The highest BCUT2D eigenvalue weighted by Crippen LogP contribution is 2.31. The maximum atomic E-state index is 10.8. The Kier molecular flexibility index (Phi) is 6.21. The molecule has 0 aromatic heterocycles. The van der Waals surface area contributed by atoms with Gasteiger partial charge in [0.05, 0.1) is 6.42 Å². The van der Waals surface area contributed by atoms with Gasteiger partial charge in [-0.05, 0) is 35.8 Å². The summed E-state index contributed by atoms with van der Waals surface area (Å²) in [6.07, 6.45) is 4.33. The first-order chi connectivity index (χ1) is 9.34. The van der Waals surface area contributed by atoms with Gasteiger partial charge in [0, 0.05) is 6.04 Å². The van der Waals surface area contributed by atoms with Gasteiger partial charge in [-0.2, -0.15) is 0 Å². The molecule has 3 nitrogen and oxygen atoms in total. The van der Waals surface area contributed by atoms with Crippen molar-refractivity contribution in [3.05, 3.63) is 35.4 Å². The minimum Gasteiger partial charge on any atom is -0.481 e. The van der Waals surface area contributed by atoms with Crippen LogP contribution in [0.25, 0.3) is 0 Å². The Morgan fingerprint density at radius 1 is 1.30 bits per heavy atom. The first-order valence-corrected chi connectivity index (χ1v) is 7.40. The summed E-state index contributed by atoms with van der Waals surface area (Å²) < 4.78 is 0. The van der Waals surface area contributed by atoms with E-state index in [-0.39, 0.29) is 17.9 Å². The fraction of sp³-hybridized carbons (Fsp3) is 0.588. The molecular formula is C17H27NO2. The maximum absolute atomic E-state index is 10.8. The van der Waals surface area contributed by atoms with Gasteiger partial charge in [-0.15, -0.1) is 0 Å². The summed E-state index contributed by atoms with van der Waals surface area (Å²) in [5.41, 5.74) is 8.36. The zero-order valence-electron chi connectivity index (χ0n) is 12.9. The molecule has 0 aliphatic heterocycles. The lowest BCUT2D eigenvalue weighted by atomic mass is 9.81. The number of unbranched alkanes of at least 4 members (excludes halogenated alkanes) is 1. The van der Waals surface area contributed by atoms with E-state index >= 15 is 0 Å². The summed E-state index contributed by atoms with van der Waals surface area (Å²) in [4.78, 5) is 10.8. The van der Waals surface area contributed by atoms with Gasteiger partial charge in [0.2, 0.25) is 0 Å². The van der Waals surface area contributed by atoms with Crippen LogP contribution in [0.4, 0.5) is 0 Å². The summed E-state index contributed by atoms with van der Waals surface area (Å²) in [7, 11) is 0. The number of rotatable bonds is 8. The van der Waals surface area contributed by atoms with E-state index < -0.39 is 5.97 Å². The molecule has 0 aliphatic rings. The van der Waals surface area contributed by atoms with E-state index in [0.717, 1.165) is 12.0 Å². The number of carboxylic acid groups (broad SMARTS) is 1. The van der Waals surface area contributed by atoms with Crippen LogP contribution in [0.3, 0.4) is 0 Å². The highest BCUT2D eigenvalue weighted by Gasteiger charge is 2.25. The van der Waals surface area contributed by atoms with E-state index in [1.54, 1.807) is 0 Å². The van der Waals surface area contributed by atoms with Crippen molar-refractivity contribution < 1.29 is 9.90 Å². The fourth-order valence-corrected chi connectivity index (χ4v) is 2.51. The van der Waals surface area contributed by atoms with Crippen LogP contribution in [0.2, 0.25) is 0 Å². The first-order valence-electron chi connectivity index (χ1n) is 7.40. The summed E-state index contributed by atoms with van der Waals surface area (Å²) in [6.45, 7) is 6.10. The van der Waals surface area contributed by atoms with Gasteiger partial charge < -0.3 is 10.8 Å². The van der Waals surface area contributed by atoms with Crippen molar-refractivity contribution in [1.29, 1.82) is 0 Å². The Morgan fingerprint density at radius 3 is 2.40 bits per heavy atom. The second kappa shape index (κ2) is 7.44. The molecule has 0 saturated carbocycles. The molecule has 0 amide bonds. The van der Waals surface area contributed by atoms with Crippen molar-refractivity contribution in [2.75, 3.05) is 0 Å². The molecule has 1 aromatic rings. The molecule has 0 aliphatic carbocycles. The molecule has 1 rings (SSSR count). The summed E-state index contributed by atoms with van der Waals surface area (Å²) >= 11 is 0. The normalized spacial score (nSPS) is 13.2. The van der Waals surface area contributed by atoms with Crippen molar-refractivity contribution in [2.24, 2.45) is 11.1 Å². The smallest absolute Gasteiger partial charge is 0.303 e. The molecular weight excluding hydrogens is 250 g/mol. The molecule has 0 radical (unpaired) electrons. The number of hydrogen-bond acceptors (Lipinski definition) is 2. The van der Waals surface area contributed by atoms with E-state index in [0.29, 0.717) is 6.42 Å². The largest absolute Gasteiger partial charge is 0.481 e. The van der Waals surface area contributed by atoms with Crippen LogP contribution in [0.5, 0.6) is 0 Å². The molecule has 112 valence electrons. The predicted octanol–water partition coefficient (Wildman–Crippen LogP) is 3.92. The number of nitrogens with two attached hydrogens (primary N) is 1. The van der Waals surface area contributed by atoms with Crippen LogP contribution in [0.15, 0.2) is 24.3 Å². The number of carboxylic acids is 1. The van der Waals surface area contributed by atoms with Crippen LogP contribution in [0, 0.1) is 5.41 Å². The highest BCUT2D eigenvalue weighted by molar-refractivity contribution is 5.67. The van der Waals surface area contributed by atoms with Crippen molar-refractivity contribution in [3.63, 3.8) is 0 Å². The van der Waals surface area contributed by atoms with E-state index in [1.807, 2.05) is 13.8 Å². The van der Waals surface area contributed by atoms with E-state index in [4.69, 9.17) is 10.8 Å². The topological polar surface area (TPSA) is 63.3 Å². The van der Waals surface area contributed by atoms with Crippen LogP contribution in [-0.4, -0.2) is 11.1 Å². The summed E-state index contributed by atoms with van der Waals surface area (Å²) in [5, 5.41) is 8.91. The lowest BCUT2D eigenvalue weighted by Gasteiger charge is -2.26. The molecule has 0 saturated heterocycles. The number of benzene rings is 1. The van der Waals surface area contributed by atoms with Crippen LogP contribution in [-0.2, 0) is 11.2 Å². The second-order valence-corrected chi connectivity index (χ2v) is 6.39. The Labute approximate surface area is 122 Å². The van der Waals surface area contributed by atoms with Gasteiger partial charge in [-0.25, -0.2) is 0 Å². The maximum Gasteiger partial charge on any atom is 0.303 e. The average molecular weight is 277 g/mol. The first kappa shape index (κ1) is 16.7. The lowest BCUT2D eigenvalue weighted by Crippen LogP contribution is -2.24. The number of aliphatic carboxylic acids is 1. The zero-order valence-corrected chi connectivity index (χ0v) is 12.9. The molecule has 0 fully saturated rings. The van der Waals surface area contributed by atoms with Crippen molar-refractivity contribution in [3.8, 4) is 0 Å². The quantitative estimate of drug-likeness (QED) is 0.757. The van der Waals surface area contributed by atoms with Gasteiger partial charge in [-0.3, -0.25) is 4.79 Å². The van der Waals surface area contributed by atoms with E-state index in [2.05, 4.69) is 31.2 Å². The van der Waals surface area contributed by atoms with Gasteiger partial charge >= 0.3 is 5.97 Å². The minimum absolute atomic E-state index is 0.107. The lowest BCUT2D eigenvalue weighted by molar-refractivity contribution is -0.139. The predicted molar refractivity (Wildman–Crippen MR) is 82.6 cm³/mol. The molecule has 1 unspecified atom stereocenters. The molecule has 20 heavy (non-hydrogen) atoms. The van der Waals surface area contributed by atoms with Crippen LogP contribution in [0.1, 0.15) is 63.6 Å². The number of aryl methyl sites for hydroxylation is 1. The van der Waals surface area contributed by atoms with Gasteiger partial charge in [-0.1, -0.05) is 51.5 Å². The van der Waals surface area contributed by atoms with Crippen LogP contribution >= 0.6 is 0 Å². The Hall–Kier alpha value is -1.35. The molecule has 1 atom stereocenters. The molecule has 3 N–H and O–H groups in total. The number of hydrogen-bond donors (Lipinski definition) is 2. The Morgan fingerprint density at radius 2 is 1.90 bits per heavy atom. The summed E-state index contributed by atoms with van der Waals surface area (Å²) in [5.74, 6) is -0.767. The average Bonchev–Trinajstić information content (AvgIpc) is 2.34. The highest BCUT2D eigenvalue weighted by atomic mass is 16.4. The molecule has 3 heteroatoms. The summed E-state index contributed by atoms with van der Waals surface area (Å²) in [6, 6.07) is 8.31. The van der Waals surface area contributed by atoms with Gasteiger partial charge in [0.1, 0.15) is 0 Å². The molecule has 0 heterocycles. The monoisotopic (exact) mass is 277 g/mol. The third-order valence-corrected chi connectivity index (χ3v) is 3.63. The molecule has 1 aromatic carbocycles. The van der Waals surface area contributed by atoms with Gasteiger partial charge in [0.15, 0.2) is 0 Å². The number of carbonyl (C=O) groups is 1. The Bertz CT molecular complexity index is 423. The molecule has 0 bridgehead atoms. The fourth-order valence-electron chi connectivity index (χ4n) is 2.51. The van der Waals surface area contributed by atoms with Crippen LogP contribution < -0.4 is 5.73 Å². The van der Waals surface area contributed by atoms with Crippen molar-refractivity contribution in [2.45, 2.75) is 58.9 Å². The standard InChI is InChI=1S/C17H27NO2/c1-4-5-6-13-7-9-14(10-8-13)15(18)11-17(2,3)12-16(19)20/h7-10,15H,4-6,11-12,18H2,1-3H3,(H,19,20). The third-order valence-electron chi connectivity index (χ3n) is 3.63. The second-order valence-electron chi connectivity index (χ2n) is 6.39.